The van der Waals surface area contributed by atoms with Crippen molar-refractivity contribution in [2.75, 3.05) is 18.4 Å². The van der Waals surface area contributed by atoms with Gasteiger partial charge >= 0.3 is 0 Å². The molecule has 1 N–H and O–H groups in total. The second-order valence-corrected chi connectivity index (χ2v) is 9.69. The van der Waals surface area contributed by atoms with Gasteiger partial charge in [0, 0.05) is 29.7 Å². The minimum absolute atomic E-state index is 0.0481. The van der Waals surface area contributed by atoms with Crippen molar-refractivity contribution in [3.05, 3.63) is 46.2 Å². The summed E-state index contributed by atoms with van der Waals surface area (Å²) < 4.78 is 27.1. The number of hydrogen-bond donors (Lipinski definition) is 1. The molecular formula is C19H22N2O4S2. The van der Waals surface area contributed by atoms with Crippen molar-refractivity contribution in [1.82, 2.24) is 4.31 Å². The molecular weight excluding hydrogens is 384 g/mol. The molecule has 1 amide bonds. The first-order valence-corrected chi connectivity index (χ1v) is 11.1. The smallest absolute Gasteiger partial charge is 0.265 e. The molecule has 8 heteroatoms. The van der Waals surface area contributed by atoms with Crippen LogP contribution in [-0.4, -0.2) is 37.5 Å². The molecule has 0 bridgehead atoms. The Bertz CT molecular complexity index is 948. The van der Waals surface area contributed by atoms with Gasteiger partial charge in [0.15, 0.2) is 5.78 Å². The van der Waals surface area contributed by atoms with E-state index in [-0.39, 0.29) is 16.6 Å². The number of nitrogens with zero attached hydrogens (tertiary/aromatic N) is 1. The molecule has 1 aliphatic heterocycles. The van der Waals surface area contributed by atoms with Crippen LogP contribution in [0.2, 0.25) is 0 Å². The third kappa shape index (κ3) is 4.45. The van der Waals surface area contributed by atoms with Crippen LogP contribution in [0.1, 0.15) is 46.7 Å². The van der Waals surface area contributed by atoms with Gasteiger partial charge in [0.05, 0.1) is 9.77 Å². The third-order valence-electron chi connectivity index (χ3n) is 4.61. The van der Waals surface area contributed by atoms with Gasteiger partial charge in [-0.2, -0.15) is 4.31 Å². The number of piperidine rings is 1. The van der Waals surface area contributed by atoms with Crippen molar-refractivity contribution in [2.24, 2.45) is 5.92 Å². The minimum Gasteiger partial charge on any atom is -0.321 e. The second kappa shape index (κ2) is 7.92. The Hall–Kier alpha value is -2.03. The largest absolute Gasteiger partial charge is 0.321 e. The van der Waals surface area contributed by atoms with Crippen molar-refractivity contribution >= 4 is 38.7 Å². The lowest BCUT2D eigenvalue weighted by Crippen LogP contribution is -2.38. The SMILES string of the molecule is CC(=O)c1ccc(NC(=O)c2cc(S(=O)(=O)N3CCC[C@@H](C)C3)cs2)cc1. The minimum atomic E-state index is -3.57. The predicted octanol–water partition coefficient (Wildman–Crippen LogP) is 3.62. The average molecular weight is 407 g/mol. The maximum atomic E-state index is 12.8. The number of carbonyl (C=O) groups excluding carboxylic acids is 2. The zero-order valence-corrected chi connectivity index (χ0v) is 16.9. The number of carbonyl (C=O) groups is 2. The monoisotopic (exact) mass is 406 g/mol. The molecule has 0 spiro atoms. The molecule has 1 aliphatic rings. The molecule has 6 nitrogen and oxygen atoms in total. The molecule has 1 fully saturated rings. The maximum absolute atomic E-state index is 12.8. The van der Waals surface area contributed by atoms with Crippen LogP contribution in [0.4, 0.5) is 5.69 Å². The van der Waals surface area contributed by atoms with Gasteiger partial charge in [0.25, 0.3) is 5.91 Å². The van der Waals surface area contributed by atoms with Gasteiger partial charge in [0.2, 0.25) is 10.0 Å². The Balaban J connectivity index is 1.72. The van der Waals surface area contributed by atoms with Crippen LogP contribution in [0.5, 0.6) is 0 Å². The molecule has 0 saturated carbocycles. The van der Waals surface area contributed by atoms with E-state index in [9.17, 15) is 18.0 Å². The highest BCUT2D eigenvalue weighted by molar-refractivity contribution is 7.89. The van der Waals surface area contributed by atoms with E-state index >= 15 is 0 Å². The van der Waals surface area contributed by atoms with Gasteiger partial charge in [-0.3, -0.25) is 9.59 Å². The number of Topliss-reactive ketones (excluding diaryl/α,β-unsaturated/α-hetero) is 1. The van der Waals surface area contributed by atoms with E-state index in [0.717, 1.165) is 24.2 Å². The first kappa shape index (κ1) is 19.7. The van der Waals surface area contributed by atoms with Gasteiger partial charge in [-0.25, -0.2) is 8.42 Å². The number of nitrogens with one attached hydrogen (secondary N) is 1. The number of amides is 1. The molecule has 1 saturated heterocycles. The summed E-state index contributed by atoms with van der Waals surface area (Å²) in [6.45, 7) is 4.56. The lowest BCUT2D eigenvalue weighted by molar-refractivity contribution is 0.101. The summed E-state index contributed by atoms with van der Waals surface area (Å²) in [7, 11) is -3.57. The first-order valence-electron chi connectivity index (χ1n) is 8.78. The maximum Gasteiger partial charge on any atom is 0.265 e. The van der Waals surface area contributed by atoms with Crippen LogP contribution in [0.3, 0.4) is 0 Å². The molecule has 2 heterocycles. The fourth-order valence-corrected chi connectivity index (χ4v) is 5.82. The average Bonchev–Trinajstić information content (AvgIpc) is 3.13. The van der Waals surface area contributed by atoms with Crippen molar-refractivity contribution in [3.63, 3.8) is 0 Å². The fraction of sp³-hybridized carbons (Fsp3) is 0.368. The molecule has 1 aromatic carbocycles. The zero-order chi connectivity index (χ0) is 19.6. The predicted molar refractivity (Wildman–Crippen MR) is 106 cm³/mol. The fourth-order valence-electron chi connectivity index (χ4n) is 3.07. The topological polar surface area (TPSA) is 83.5 Å². The van der Waals surface area contributed by atoms with E-state index < -0.39 is 10.0 Å². The van der Waals surface area contributed by atoms with E-state index in [4.69, 9.17) is 0 Å². The van der Waals surface area contributed by atoms with Crippen LogP contribution < -0.4 is 5.32 Å². The summed E-state index contributed by atoms with van der Waals surface area (Å²) in [5, 5.41) is 4.24. The highest BCUT2D eigenvalue weighted by atomic mass is 32.2. The molecule has 0 aliphatic carbocycles. The zero-order valence-electron chi connectivity index (χ0n) is 15.3. The summed E-state index contributed by atoms with van der Waals surface area (Å²) in [5.41, 5.74) is 1.11. The van der Waals surface area contributed by atoms with Crippen molar-refractivity contribution < 1.29 is 18.0 Å². The second-order valence-electron chi connectivity index (χ2n) is 6.84. The number of ketones is 1. The Morgan fingerprint density at radius 2 is 1.93 bits per heavy atom. The number of rotatable bonds is 5. The van der Waals surface area contributed by atoms with Gasteiger partial charge in [-0.1, -0.05) is 6.92 Å². The normalized spacial score (nSPS) is 18.2. The summed E-state index contributed by atoms with van der Waals surface area (Å²) in [4.78, 5) is 24.2. The number of sulfonamides is 1. The number of anilines is 1. The summed E-state index contributed by atoms with van der Waals surface area (Å²) in [6, 6.07) is 8.00. The Morgan fingerprint density at radius 1 is 1.22 bits per heavy atom. The highest BCUT2D eigenvalue weighted by Crippen LogP contribution is 2.27. The van der Waals surface area contributed by atoms with E-state index in [0.29, 0.717) is 35.1 Å². The van der Waals surface area contributed by atoms with Gasteiger partial charge in [-0.05, 0) is 56.0 Å². The van der Waals surface area contributed by atoms with Crippen LogP contribution in [0.15, 0.2) is 40.6 Å². The van der Waals surface area contributed by atoms with Crippen molar-refractivity contribution in [3.8, 4) is 0 Å². The van der Waals surface area contributed by atoms with E-state index in [2.05, 4.69) is 5.32 Å². The molecule has 27 heavy (non-hydrogen) atoms. The Morgan fingerprint density at radius 3 is 2.56 bits per heavy atom. The Labute approximate surface area is 163 Å². The lowest BCUT2D eigenvalue weighted by atomic mass is 10.0. The van der Waals surface area contributed by atoms with Gasteiger partial charge < -0.3 is 5.32 Å². The molecule has 1 aromatic heterocycles. The molecule has 144 valence electrons. The standard InChI is InChI=1S/C19H22N2O4S2/c1-13-4-3-9-21(11-13)27(24,25)17-10-18(26-12-17)19(23)20-16-7-5-15(6-8-16)14(2)22/h5-8,10,12-13H,3-4,9,11H2,1-2H3,(H,20,23)/t13-/m1/s1. The van der Waals surface area contributed by atoms with Crippen molar-refractivity contribution in [1.29, 1.82) is 0 Å². The molecule has 0 unspecified atom stereocenters. The Kier molecular flexibility index (Phi) is 5.78. The van der Waals surface area contributed by atoms with Crippen LogP contribution in [0, 0.1) is 5.92 Å². The first-order chi connectivity index (χ1) is 12.8. The van der Waals surface area contributed by atoms with E-state index in [1.54, 1.807) is 24.3 Å². The van der Waals surface area contributed by atoms with Crippen LogP contribution in [-0.2, 0) is 10.0 Å². The van der Waals surface area contributed by atoms with Gasteiger partial charge in [-0.15, -0.1) is 11.3 Å². The molecule has 3 rings (SSSR count). The number of benzene rings is 1. The summed E-state index contributed by atoms with van der Waals surface area (Å²) >= 11 is 1.10. The van der Waals surface area contributed by atoms with Gasteiger partial charge in [0.1, 0.15) is 0 Å². The van der Waals surface area contributed by atoms with Crippen LogP contribution in [0.25, 0.3) is 0 Å². The summed E-state index contributed by atoms with van der Waals surface area (Å²) in [6.07, 6.45) is 1.89. The van der Waals surface area contributed by atoms with E-state index in [1.165, 1.54) is 22.7 Å². The quantitative estimate of drug-likeness (QED) is 0.769. The summed E-state index contributed by atoms with van der Waals surface area (Å²) in [5.74, 6) is -0.0787. The van der Waals surface area contributed by atoms with E-state index in [1.807, 2.05) is 6.92 Å². The number of thiophene rings is 1. The molecule has 1 atom stereocenters. The highest BCUT2D eigenvalue weighted by Gasteiger charge is 2.30. The number of hydrogen-bond acceptors (Lipinski definition) is 5. The van der Waals surface area contributed by atoms with Crippen molar-refractivity contribution in [2.45, 2.75) is 31.6 Å². The van der Waals surface area contributed by atoms with Crippen LogP contribution >= 0.6 is 11.3 Å². The molecule has 2 aromatic rings. The molecule has 0 radical (unpaired) electrons. The third-order valence-corrected chi connectivity index (χ3v) is 7.53. The lowest BCUT2D eigenvalue weighted by Gasteiger charge is -2.29.